The van der Waals surface area contributed by atoms with Crippen molar-refractivity contribution >= 4 is 0 Å². The van der Waals surface area contributed by atoms with Crippen molar-refractivity contribution in [1.29, 1.82) is 0 Å². The van der Waals surface area contributed by atoms with Crippen LogP contribution in [0, 0.1) is 5.92 Å². The van der Waals surface area contributed by atoms with E-state index in [2.05, 4.69) is 25.7 Å². The first-order chi connectivity index (χ1) is 7.16. The molecule has 0 heterocycles. The number of aliphatic hydroxyl groups excluding tert-OH is 1. The Hall–Kier alpha value is -0.380. The van der Waals surface area contributed by atoms with Gasteiger partial charge < -0.3 is 15.2 Å². The summed E-state index contributed by atoms with van der Waals surface area (Å²) in [6.45, 7) is 10.4. The predicted octanol–water partition coefficient (Wildman–Crippen LogP) is 1.58. The molecule has 0 bridgehead atoms. The first kappa shape index (κ1) is 14.6. The third-order valence-corrected chi connectivity index (χ3v) is 2.05. The lowest BCUT2D eigenvalue weighted by atomic mass is 10.1. The third-order valence-electron chi connectivity index (χ3n) is 2.05. The molecule has 0 rings (SSSR count). The van der Waals surface area contributed by atoms with Gasteiger partial charge in [0.15, 0.2) is 0 Å². The molecule has 1 atom stereocenters. The summed E-state index contributed by atoms with van der Waals surface area (Å²) in [6.07, 6.45) is 3.62. The van der Waals surface area contributed by atoms with Gasteiger partial charge in [0.2, 0.25) is 0 Å². The first-order valence-electron chi connectivity index (χ1n) is 5.74. The average molecular weight is 215 g/mol. The molecule has 0 aliphatic carbocycles. The normalized spacial score (nSPS) is 13.1. The van der Waals surface area contributed by atoms with E-state index in [0.717, 1.165) is 25.5 Å². The fourth-order valence-electron chi connectivity index (χ4n) is 1.22. The Balaban J connectivity index is 3.16. The fraction of sp³-hybridized carbons (Fsp3) is 0.833. The highest BCUT2D eigenvalue weighted by Crippen LogP contribution is 2.03. The molecule has 0 radical (unpaired) electrons. The standard InChI is InChI=1S/C12H25NO2/c1-4-7-13-9-12(14)10-15-8-5-6-11(2)3/h4,11-14H,1,5-10H2,2-3H3. The van der Waals surface area contributed by atoms with Crippen molar-refractivity contribution in [3.63, 3.8) is 0 Å². The second-order valence-electron chi connectivity index (χ2n) is 4.21. The molecule has 0 aromatic rings. The lowest BCUT2D eigenvalue weighted by Crippen LogP contribution is -2.30. The largest absolute Gasteiger partial charge is 0.389 e. The number of ether oxygens (including phenoxy) is 1. The van der Waals surface area contributed by atoms with Gasteiger partial charge in [-0.3, -0.25) is 0 Å². The van der Waals surface area contributed by atoms with Gasteiger partial charge in [-0.25, -0.2) is 0 Å². The van der Waals surface area contributed by atoms with Crippen LogP contribution in [0.3, 0.4) is 0 Å². The Morgan fingerprint density at radius 2 is 2.20 bits per heavy atom. The van der Waals surface area contributed by atoms with E-state index >= 15 is 0 Å². The van der Waals surface area contributed by atoms with E-state index in [9.17, 15) is 5.11 Å². The van der Waals surface area contributed by atoms with Gasteiger partial charge in [-0.15, -0.1) is 6.58 Å². The van der Waals surface area contributed by atoms with Crippen molar-refractivity contribution in [2.45, 2.75) is 32.8 Å². The van der Waals surface area contributed by atoms with Crippen molar-refractivity contribution in [2.24, 2.45) is 5.92 Å². The van der Waals surface area contributed by atoms with E-state index in [1.54, 1.807) is 6.08 Å². The van der Waals surface area contributed by atoms with E-state index in [0.29, 0.717) is 13.2 Å². The molecule has 0 aliphatic rings. The highest BCUT2D eigenvalue weighted by Gasteiger charge is 2.02. The summed E-state index contributed by atoms with van der Waals surface area (Å²) < 4.78 is 5.36. The van der Waals surface area contributed by atoms with Gasteiger partial charge >= 0.3 is 0 Å². The van der Waals surface area contributed by atoms with E-state index in [1.165, 1.54) is 6.42 Å². The summed E-state index contributed by atoms with van der Waals surface area (Å²) in [5.41, 5.74) is 0. The molecular weight excluding hydrogens is 190 g/mol. The molecule has 0 fully saturated rings. The molecule has 3 heteroatoms. The van der Waals surface area contributed by atoms with Crippen molar-refractivity contribution in [1.82, 2.24) is 5.32 Å². The topological polar surface area (TPSA) is 41.5 Å². The van der Waals surface area contributed by atoms with Crippen molar-refractivity contribution < 1.29 is 9.84 Å². The lowest BCUT2D eigenvalue weighted by Gasteiger charge is -2.11. The van der Waals surface area contributed by atoms with Crippen molar-refractivity contribution in [3.8, 4) is 0 Å². The van der Waals surface area contributed by atoms with Crippen molar-refractivity contribution in [2.75, 3.05) is 26.3 Å². The summed E-state index contributed by atoms with van der Waals surface area (Å²) in [6, 6.07) is 0. The second-order valence-corrected chi connectivity index (χ2v) is 4.21. The molecule has 2 N–H and O–H groups in total. The summed E-state index contributed by atoms with van der Waals surface area (Å²) in [5.74, 6) is 0.729. The number of hydrogen-bond acceptors (Lipinski definition) is 3. The Bertz CT molecular complexity index is 149. The van der Waals surface area contributed by atoms with Gasteiger partial charge in [0.25, 0.3) is 0 Å². The van der Waals surface area contributed by atoms with E-state index in [1.807, 2.05) is 0 Å². The summed E-state index contributed by atoms with van der Waals surface area (Å²) in [4.78, 5) is 0. The zero-order valence-corrected chi connectivity index (χ0v) is 10.0. The molecule has 3 nitrogen and oxygen atoms in total. The molecule has 90 valence electrons. The van der Waals surface area contributed by atoms with Gasteiger partial charge in [-0.05, 0) is 18.8 Å². The Morgan fingerprint density at radius 3 is 2.80 bits per heavy atom. The number of hydrogen-bond donors (Lipinski definition) is 2. The predicted molar refractivity (Wildman–Crippen MR) is 64.0 cm³/mol. The minimum atomic E-state index is -0.413. The average Bonchev–Trinajstić information content (AvgIpc) is 2.17. The van der Waals surface area contributed by atoms with Gasteiger partial charge in [-0.2, -0.15) is 0 Å². The van der Waals surface area contributed by atoms with Crippen LogP contribution in [0.2, 0.25) is 0 Å². The number of nitrogens with one attached hydrogen (secondary N) is 1. The van der Waals surface area contributed by atoms with Crippen LogP contribution in [-0.2, 0) is 4.74 Å². The maximum Gasteiger partial charge on any atom is 0.0897 e. The minimum Gasteiger partial charge on any atom is -0.389 e. The number of aliphatic hydroxyl groups is 1. The molecule has 15 heavy (non-hydrogen) atoms. The zero-order chi connectivity index (χ0) is 11.5. The minimum absolute atomic E-state index is 0.413. The van der Waals surface area contributed by atoms with Crippen LogP contribution in [-0.4, -0.2) is 37.5 Å². The van der Waals surface area contributed by atoms with Crippen LogP contribution in [0.25, 0.3) is 0 Å². The van der Waals surface area contributed by atoms with Crippen LogP contribution in [0.1, 0.15) is 26.7 Å². The maximum absolute atomic E-state index is 9.46. The second kappa shape index (κ2) is 10.1. The molecule has 0 aromatic heterocycles. The van der Waals surface area contributed by atoms with Crippen LogP contribution < -0.4 is 5.32 Å². The Kier molecular flexibility index (Phi) is 9.89. The highest BCUT2D eigenvalue weighted by molar-refractivity contribution is 4.71. The molecule has 1 unspecified atom stereocenters. The molecular formula is C12H25NO2. The molecule has 0 spiro atoms. The molecule has 0 saturated carbocycles. The van der Waals surface area contributed by atoms with E-state index in [4.69, 9.17) is 4.74 Å². The maximum atomic E-state index is 9.46. The third kappa shape index (κ3) is 11.5. The van der Waals surface area contributed by atoms with Crippen LogP contribution in [0.5, 0.6) is 0 Å². The van der Waals surface area contributed by atoms with Gasteiger partial charge in [0.05, 0.1) is 12.7 Å². The molecule has 0 amide bonds. The van der Waals surface area contributed by atoms with Crippen LogP contribution >= 0.6 is 0 Å². The highest BCUT2D eigenvalue weighted by atomic mass is 16.5. The summed E-state index contributed by atoms with van der Waals surface area (Å²) in [5, 5.41) is 12.5. The molecule has 0 aromatic carbocycles. The van der Waals surface area contributed by atoms with Crippen molar-refractivity contribution in [3.05, 3.63) is 12.7 Å². The summed E-state index contributed by atoms with van der Waals surface area (Å²) >= 11 is 0. The quantitative estimate of drug-likeness (QED) is 0.429. The fourth-order valence-corrected chi connectivity index (χ4v) is 1.22. The zero-order valence-electron chi connectivity index (χ0n) is 10.0. The Labute approximate surface area is 93.5 Å². The van der Waals surface area contributed by atoms with Gasteiger partial charge in [0.1, 0.15) is 0 Å². The smallest absolute Gasteiger partial charge is 0.0897 e. The van der Waals surface area contributed by atoms with Crippen LogP contribution in [0.15, 0.2) is 12.7 Å². The molecule has 0 aliphatic heterocycles. The van der Waals surface area contributed by atoms with E-state index < -0.39 is 6.10 Å². The van der Waals surface area contributed by atoms with Gasteiger partial charge in [0, 0.05) is 19.7 Å². The SMILES string of the molecule is C=CCNCC(O)COCCCC(C)C. The van der Waals surface area contributed by atoms with E-state index in [-0.39, 0.29) is 0 Å². The first-order valence-corrected chi connectivity index (χ1v) is 5.74. The lowest BCUT2D eigenvalue weighted by molar-refractivity contribution is 0.0352. The number of rotatable bonds is 10. The summed E-state index contributed by atoms with van der Waals surface area (Å²) in [7, 11) is 0. The van der Waals surface area contributed by atoms with Crippen LogP contribution in [0.4, 0.5) is 0 Å². The van der Waals surface area contributed by atoms with Gasteiger partial charge in [-0.1, -0.05) is 19.9 Å². The Morgan fingerprint density at radius 1 is 1.47 bits per heavy atom. The molecule has 0 saturated heterocycles. The monoisotopic (exact) mass is 215 g/mol.